The number of hydrogen-bond acceptors (Lipinski definition) is 5. The van der Waals surface area contributed by atoms with Gasteiger partial charge in [0, 0.05) is 29.0 Å². The van der Waals surface area contributed by atoms with Crippen molar-refractivity contribution in [1.82, 2.24) is 5.43 Å². The summed E-state index contributed by atoms with van der Waals surface area (Å²) >= 11 is 0. The van der Waals surface area contributed by atoms with Crippen LogP contribution in [0.15, 0.2) is 75.6 Å². The lowest BCUT2D eigenvalue weighted by Crippen LogP contribution is -2.21. The van der Waals surface area contributed by atoms with Gasteiger partial charge in [0.05, 0.1) is 11.9 Å². The van der Waals surface area contributed by atoms with Gasteiger partial charge in [0.1, 0.15) is 0 Å². The molecule has 0 saturated heterocycles. The minimum Gasteiger partial charge on any atom is -0.399 e. The molecule has 1 atom stereocenters. The Morgan fingerprint density at radius 1 is 1.24 bits per heavy atom. The van der Waals surface area contributed by atoms with E-state index in [1.165, 1.54) is 6.21 Å². The molecule has 0 aromatic heterocycles. The first-order valence-corrected chi connectivity index (χ1v) is 6.72. The van der Waals surface area contributed by atoms with E-state index in [1.54, 1.807) is 0 Å². The van der Waals surface area contributed by atoms with Gasteiger partial charge in [0.25, 0.3) is 0 Å². The van der Waals surface area contributed by atoms with Crippen LogP contribution in [0.2, 0.25) is 0 Å². The van der Waals surface area contributed by atoms with Crippen molar-refractivity contribution in [3.63, 3.8) is 0 Å². The van der Waals surface area contributed by atoms with Gasteiger partial charge in [0.15, 0.2) is 6.23 Å². The van der Waals surface area contributed by atoms with Gasteiger partial charge in [-0.05, 0) is 12.2 Å². The molecule has 1 aliphatic heterocycles. The molecule has 0 spiro atoms. The maximum absolute atomic E-state index is 9.91. The number of hydrazone groups is 1. The standard InChI is InChI=1S/C16H16N4O/c17-12-7-4-8-14-13(9-12)16(11-5-2-1-3-6-11)19-15(21)10-18-20-14/h1-7,9-10,15,20-21H,8,17H2/b18-10-,19-16-. The van der Waals surface area contributed by atoms with Crippen molar-refractivity contribution < 1.29 is 5.11 Å². The van der Waals surface area contributed by atoms with Crippen LogP contribution >= 0.6 is 0 Å². The van der Waals surface area contributed by atoms with Gasteiger partial charge in [-0.3, -0.25) is 5.43 Å². The summed E-state index contributed by atoms with van der Waals surface area (Å²) in [6.45, 7) is 0. The third-order valence-corrected chi connectivity index (χ3v) is 3.24. The summed E-state index contributed by atoms with van der Waals surface area (Å²) < 4.78 is 0. The lowest BCUT2D eigenvalue weighted by Gasteiger charge is -2.17. The summed E-state index contributed by atoms with van der Waals surface area (Å²) in [6, 6.07) is 9.73. The Balaban J connectivity index is 2.18. The molecule has 3 rings (SSSR count). The fourth-order valence-corrected chi connectivity index (χ4v) is 2.28. The van der Waals surface area contributed by atoms with E-state index in [0.29, 0.717) is 17.8 Å². The van der Waals surface area contributed by atoms with Crippen LogP contribution in [0.25, 0.3) is 0 Å². The summed E-state index contributed by atoms with van der Waals surface area (Å²) in [6.07, 6.45) is 6.73. The number of allylic oxidation sites excluding steroid dienone is 4. The molecule has 0 saturated carbocycles. The molecule has 21 heavy (non-hydrogen) atoms. The van der Waals surface area contributed by atoms with Crippen molar-refractivity contribution in [2.24, 2.45) is 15.8 Å². The van der Waals surface area contributed by atoms with Crippen LogP contribution in [0.4, 0.5) is 0 Å². The van der Waals surface area contributed by atoms with E-state index in [1.807, 2.05) is 48.6 Å². The van der Waals surface area contributed by atoms with E-state index in [9.17, 15) is 5.11 Å². The minimum absolute atomic E-state index is 0.643. The van der Waals surface area contributed by atoms with Gasteiger partial charge in [-0.15, -0.1) is 0 Å². The Kier molecular flexibility index (Phi) is 3.66. The third kappa shape index (κ3) is 2.93. The molecule has 5 nitrogen and oxygen atoms in total. The molecule has 1 aromatic carbocycles. The Morgan fingerprint density at radius 2 is 2.05 bits per heavy atom. The number of rotatable bonds is 1. The van der Waals surface area contributed by atoms with Gasteiger partial charge in [-0.2, -0.15) is 5.10 Å². The van der Waals surface area contributed by atoms with Crippen molar-refractivity contribution in [3.05, 3.63) is 71.1 Å². The number of aliphatic hydroxyl groups excluding tert-OH is 1. The molecule has 1 unspecified atom stereocenters. The van der Waals surface area contributed by atoms with Crippen molar-refractivity contribution in [2.75, 3.05) is 0 Å². The first-order valence-electron chi connectivity index (χ1n) is 6.72. The van der Waals surface area contributed by atoms with Crippen molar-refractivity contribution in [3.8, 4) is 0 Å². The van der Waals surface area contributed by atoms with Gasteiger partial charge in [-0.1, -0.05) is 36.4 Å². The molecular weight excluding hydrogens is 264 g/mol. The maximum Gasteiger partial charge on any atom is 0.183 e. The van der Waals surface area contributed by atoms with Crippen LogP contribution in [0.3, 0.4) is 0 Å². The van der Waals surface area contributed by atoms with E-state index in [4.69, 9.17) is 5.73 Å². The highest BCUT2D eigenvalue weighted by molar-refractivity contribution is 6.15. The average molecular weight is 280 g/mol. The highest BCUT2D eigenvalue weighted by Gasteiger charge is 2.17. The lowest BCUT2D eigenvalue weighted by molar-refractivity contribution is 0.256. The predicted octanol–water partition coefficient (Wildman–Crippen LogP) is 1.44. The first kappa shape index (κ1) is 13.3. The quantitative estimate of drug-likeness (QED) is 0.728. The Bertz CT molecular complexity index is 683. The number of hydrogen-bond donors (Lipinski definition) is 3. The van der Waals surface area contributed by atoms with E-state index in [0.717, 1.165) is 16.8 Å². The Labute approximate surface area is 122 Å². The molecular formula is C16H16N4O. The Hall–Kier alpha value is -2.66. The largest absolute Gasteiger partial charge is 0.399 e. The average Bonchev–Trinajstić information content (AvgIpc) is 2.66. The van der Waals surface area contributed by atoms with E-state index >= 15 is 0 Å². The number of nitrogens with zero attached hydrogens (tertiary/aromatic N) is 2. The molecule has 0 fully saturated rings. The molecule has 0 radical (unpaired) electrons. The molecule has 0 bridgehead atoms. The fourth-order valence-electron chi connectivity index (χ4n) is 2.28. The zero-order valence-electron chi connectivity index (χ0n) is 11.4. The summed E-state index contributed by atoms with van der Waals surface area (Å²) in [4.78, 5) is 4.36. The van der Waals surface area contributed by atoms with Gasteiger partial charge < -0.3 is 10.8 Å². The van der Waals surface area contributed by atoms with Crippen LogP contribution < -0.4 is 11.2 Å². The van der Waals surface area contributed by atoms with Crippen LogP contribution in [0, 0.1) is 0 Å². The highest BCUT2D eigenvalue weighted by Crippen LogP contribution is 2.21. The molecule has 2 aliphatic rings. The monoisotopic (exact) mass is 280 g/mol. The molecule has 106 valence electrons. The van der Waals surface area contributed by atoms with Crippen molar-refractivity contribution in [1.29, 1.82) is 0 Å². The number of aliphatic imine (C=N–C) groups is 1. The third-order valence-electron chi connectivity index (χ3n) is 3.24. The van der Waals surface area contributed by atoms with Crippen LogP contribution in [-0.4, -0.2) is 23.3 Å². The number of benzene rings is 1. The zero-order chi connectivity index (χ0) is 14.7. The summed E-state index contributed by atoms with van der Waals surface area (Å²) in [5, 5.41) is 13.9. The maximum atomic E-state index is 9.91. The molecule has 4 N–H and O–H groups in total. The van der Waals surface area contributed by atoms with E-state index < -0.39 is 6.23 Å². The predicted molar refractivity (Wildman–Crippen MR) is 83.7 cm³/mol. The normalized spacial score (nSPS) is 25.5. The second-order valence-corrected chi connectivity index (χ2v) is 4.79. The van der Waals surface area contributed by atoms with Crippen LogP contribution in [0.1, 0.15) is 12.0 Å². The first-order chi connectivity index (χ1) is 10.2. The highest BCUT2D eigenvalue weighted by atomic mass is 16.3. The summed E-state index contributed by atoms with van der Waals surface area (Å²) in [5.41, 5.74) is 12.9. The van der Waals surface area contributed by atoms with Gasteiger partial charge in [0.2, 0.25) is 0 Å². The van der Waals surface area contributed by atoms with E-state index in [2.05, 4.69) is 15.5 Å². The fraction of sp³-hybridized carbons (Fsp3) is 0.125. The second-order valence-electron chi connectivity index (χ2n) is 4.79. The second kappa shape index (κ2) is 5.76. The number of aliphatic hydroxyl groups is 1. The molecule has 5 heteroatoms. The molecule has 1 aliphatic carbocycles. The smallest absolute Gasteiger partial charge is 0.183 e. The van der Waals surface area contributed by atoms with E-state index in [-0.39, 0.29) is 0 Å². The molecule has 0 amide bonds. The minimum atomic E-state index is -0.993. The number of nitrogens with one attached hydrogen (secondary N) is 1. The number of nitrogens with two attached hydrogens (primary N) is 1. The van der Waals surface area contributed by atoms with Crippen LogP contribution in [0.5, 0.6) is 0 Å². The lowest BCUT2D eigenvalue weighted by atomic mass is 9.99. The zero-order valence-corrected chi connectivity index (χ0v) is 11.4. The summed E-state index contributed by atoms with van der Waals surface area (Å²) in [7, 11) is 0. The Morgan fingerprint density at radius 3 is 2.86 bits per heavy atom. The SMILES string of the molecule is NC1=CC2=C(CC=C1)N/N=C\C(O)/N=C\2c1ccccc1. The molecule has 1 aromatic rings. The molecule has 1 heterocycles. The van der Waals surface area contributed by atoms with Gasteiger partial charge in [-0.25, -0.2) is 4.99 Å². The van der Waals surface area contributed by atoms with Crippen LogP contribution in [-0.2, 0) is 0 Å². The van der Waals surface area contributed by atoms with Gasteiger partial charge >= 0.3 is 0 Å². The van der Waals surface area contributed by atoms with Crippen molar-refractivity contribution >= 4 is 11.9 Å². The topological polar surface area (TPSA) is 83.0 Å². The van der Waals surface area contributed by atoms with Crippen molar-refractivity contribution in [2.45, 2.75) is 12.6 Å². The summed E-state index contributed by atoms with van der Waals surface area (Å²) in [5.74, 6) is 0.